The Balaban J connectivity index is 2.82. The van der Waals surface area contributed by atoms with E-state index in [4.69, 9.17) is 0 Å². The Morgan fingerprint density at radius 3 is 2.47 bits per heavy atom. The Hall–Kier alpha value is -1.30. The molecule has 0 aliphatic rings. The second kappa shape index (κ2) is 4.48. The van der Waals surface area contributed by atoms with Gasteiger partial charge in [-0.25, -0.2) is 4.39 Å². The first-order valence-corrected chi connectivity index (χ1v) is 4.11. The Morgan fingerprint density at radius 2 is 2.00 bits per heavy atom. The van der Waals surface area contributed by atoms with E-state index in [0.29, 0.717) is 6.07 Å². The van der Waals surface area contributed by atoms with E-state index in [0.717, 1.165) is 6.07 Å². The van der Waals surface area contributed by atoms with Gasteiger partial charge in [-0.15, -0.1) is 13.2 Å². The highest BCUT2D eigenvalue weighted by Crippen LogP contribution is 2.24. The Bertz CT molecular complexity index is 337. The average Bonchev–Trinajstić information content (AvgIpc) is 2.07. The van der Waals surface area contributed by atoms with Crippen molar-refractivity contribution in [2.45, 2.75) is 12.9 Å². The summed E-state index contributed by atoms with van der Waals surface area (Å²) in [4.78, 5) is 0. The van der Waals surface area contributed by atoms with Gasteiger partial charge in [0.1, 0.15) is 11.6 Å². The van der Waals surface area contributed by atoms with Crippen LogP contribution in [0.4, 0.5) is 17.6 Å². The highest BCUT2D eigenvalue weighted by molar-refractivity contribution is 5.29. The van der Waals surface area contributed by atoms with Crippen LogP contribution in [0.3, 0.4) is 0 Å². The molecule has 0 bridgehead atoms. The summed E-state index contributed by atoms with van der Waals surface area (Å²) in [5.74, 6) is -1.29. The van der Waals surface area contributed by atoms with E-state index in [2.05, 4.69) is 10.1 Å². The lowest BCUT2D eigenvalue weighted by Crippen LogP contribution is -2.17. The number of benzene rings is 1. The van der Waals surface area contributed by atoms with Gasteiger partial charge >= 0.3 is 6.36 Å². The van der Waals surface area contributed by atoms with Crippen molar-refractivity contribution in [3.8, 4) is 5.75 Å². The fourth-order valence-electron chi connectivity index (χ4n) is 1.06. The number of rotatable bonds is 3. The maximum absolute atomic E-state index is 13.1. The summed E-state index contributed by atoms with van der Waals surface area (Å²) >= 11 is 0. The van der Waals surface area contributed by atoms with Crippen LogP contribution in [0.5, 0.6) is 5.75 Å². The molecule has 0 atom stereocenters. The maximum atomic E-state index is 13.1. The molecule has 0 saturated heterocycles. The summed E-state index contributed by atoms with van der Waals surface area (Å²) in [6.07, 6.45) is -4.79. The van der Waals surface area contributed by atoms with E-state index in [1.807, 2.05) is 0 Å². The Morgan fingerprint density at radius 1 is 1.33 bits per heavy atom. The van der Waals surface area contributed by atoms with Gasteiger partial charge in [-0.1, -0.05) is 6.07 Å². The molecule has 0 aliphatic heterocycles. The van der Waals surface area contributed by atoms with Gasteiger partial charge in [-0.3, -0.25) is 0 Å². The average molecular weight is 223 g/mol. The number of ether oxygens (including phenoxy) is 1. The molecular formula is C9H9F4NO. The van der Waals surface area contributed by atoms with Gasteiger partial charge in [-0.05, 0) is 13.1 Å². The van der Waals surface area contributed by atoms with Crippen LogP contribution in [-0.2, 0) is 6.54 Å². The lowest BCUT2D eigenvalue weighted by Gasteiger charge is -2.09. The number of halogens is 4. The van der Waals surface area contributed by atoms with Gasteiger partial charge in [0, 0.05) is 18.2 Å². The van der Waals surface area contributed by atoms with E-state index in [1.165, 1.54) is 6.07 Å². The molecule has 6 heteroatoms. The normalized spacial score (nSPS) is 11.5. The second-order valence-electron chi connectivity index (χ2n) is 2.83. The first-order chi connectivity index (χ1) is 6.92. The number of alkyl halides is 3. The largest absolute Gasteiger partial charge is 0.573 e. The summed E-state index contributed by atoms with van der Waals surface area (Å²) < 4.78 is 52.0. The molecule has 2 nitrogen and oxygen atoms in total. The van der Waals surface area contributed by atoms with Crippen LogP contribution in [0.2, 0.25) is 0 Å². The first kappa shape index (κ1) is 11.8. The molecule has 1 aromatic carbocycles. The third kappa shape index (κ3) is 3.75. The number of hydrogen-bond donors (Lipinski definition) is 1. The highest BCUT2D eigenvalue weighted by atomic mass is 19.4. The van der Waals surface area contributed by atoms with E-state index >= 15 is 0 Å². The molecule has 0 saturated carbocycles. The van der Waals surface area contributed by atoms with Crippen molar-refractivity contribution in [1.82, 2.24) is 5.32 Å². The molecule has 1 aromatic rings. The van der Waals surface area contributed by atoms with Gasteiger partial charge < -0.3 is 10.1 Å². The molecule has 0 amide bonds. The predicted octanol–water partition coefficient (Wildman–Crippen LogP) is 2.44. The first-order valence-electron chi connectivity index (χ1n) is 4.11. The standard InChI is InChI=1S/C9H9F4NO/c1-14-5-6-2-3-7(4-8(6)10)15-9(11,12)13/h2-4,14H,5H2,1H3. The molecule has 0 fully saturated rings. The van der Waals surface area contributed by atoms with Crippen molar-refractivity contribution in [2.24, 2.45) is 0 Å². The second-order valence-corrected chi connectivity index (χ2v) is 2.83. The lowest BCUT2D eigenvalue weighted by atomic mass is 10.2. The van der Waals surface area contributed by atoms with Crippen LogP contribution in [0.1, 0.15) is 5.56 Å². The maximum Gasteiger partial charge on any atom is 0.573 e. The molecule has 0 radical (unpaired) electrons. The minimum Gasteiger partial charge on any atom is -0.406 e. The lowest BCUT2D eigenvalue weighted by molar-refractivity contribution is -0.274. The van der Waals surface area contributed by atoms with Crippen molar-refractivity contribution in [1.29, 1.82) is 0 Å². The SMILES string of the molecule is CNCc1ccc(OC(F)(F)F)cc1F. The van der Waals surface area contributed by atoms with Crippen LogP contribution in [0.15, 0.2) is 18.2 Å². The minimum atomic E-state index is -4.79. The molecule has 15 heavy (non-hydrogen) atoms. The molecule has 1 rings (SSSR count). The molecule has 0 unspecified atom stereocenters. The Labute approximate surface area is 83.9 Å². The molecule has 0 aromatic heterocycles. The van der Waals surface area contributed by atoms with Crippen molar-refractivity contribution in [3.05, 3.63) is 29.6 Å². The fraction of sp³-hybridized carbons (Fsp3) is 0.333. The van der Waals surface area contributed by atoms with Gasteiger partial charge in [-0.2, -0.15) is 0 Å². The minimum absolute atomic E-state index is 0.248. The molecule has 0 spiro atoms. The van der Waals surface area contributed by atoms with Gasteiger partial charge in [0.15, 0.2) is 0 Å². The summed E-state index contributed by atoms with van der Waals surface area (Å²) in [6, 6.07) is 3.02. The quantitative estimate of drug-likeness (QED) is 0.794. The monoisotopic (exact) mass is 223 g/mol. The van der Waals surface area contributed by atoms with Gasteiger partial charge in [0.05, 0.1) is 0 Å². The molecule has 0 heterocycles. The number of nitrogens with one attached hydrogen (secondary N) is 1. The van der Waals surface area contributed by atoms with E-state index in [1.54, 1.807) is 7.05 Å². The van der Waals surface area contributed by atoms with Gasteiger partial charge in [0.25, 0.3) is 0 Å². The molecule has 84 valence electrons. The predicted molar refractivity (Wildman–Crippen MR) is 45.8 cm³/mol. The van der Waals surface area contributed by atoms with Crippen LogP contribution < -0.4 is 10.1 Å². The zero-order valence-electron chi connectivity index (χ0n) is 7.86. The molecular weight excluding hydrogens is 214 g/mol. The zero-order chi connectivity index (χ0) is 11.5. The summed E-state index contributed by atoms with van der Waals surface area (Å²) in [7, 11) is 1.61. The van der Waals surface area contributed by atoms with Crippen molar-refractivity contribution in [2.75, 3.05) is 7.05 Å². The van der Waals surface area contributed by atoms with Crippen LogP contribution in [-0.4, -0.2) is 13.4 Å². The van der Waals surface area contributed by atoms with Crippen molar-refractivity contribution >= 4 is 0 Å². The van der Waals surface area contributed by atoms with Crippen LogP contribution in [0, 0.1) is 5.82 Å². The van der Waals surface area contributed by atoms with Crippen molar-refractivity contribution < 1.29 is 22.3 Å². The molecule has 1 N–H and O–H groups in total. The smallest absolute Gasteiger partial charge is 0.406 e. The zero-order valence-corrected chi connectivity index (χ0v) is 7.86. The summed E-state index contributed by atoms with van der Waals surface area (Å²) in [5.41, 5.74) is 0.284. The third-order valence-corrected chi connectivity index (χ3v) is 1.63. The number of hydrogen-bond acceptors (Lipinski definition) is 2. The van der Waals surface area contributed by atoms with Gasteiger partial charge in [0.2, 0.25) is 0 Å². The van der Waals surface area contributed by atoms with Crippen molar-refractivity contribution in [3.63, 3.8) is 0 Å². The van der Waals surface area contributed by atoms with Crippen LogP contribution in [0.25, 0.3) is 0 Å². The Kier molecular flexibility index (Phi) is 3.52. The highest BCUT2D eigenvalue weighted by Gasteiger charge is 2.31. The van der Waals surface area contributed by atoms with Crippen LogP contribution >= 0.6 is 0 Å². The summed E-state index contributed by atoms with van der Waals surface area (Å²) in [6.45, 7) is 0.248. The van der Waals surface area contributed by atoms with E-state index < -0.39 is 17.9 Å². The third-order valence-electron chi connectivity index (χ3n) is 1.63. The summed E-state index contributed by atoms with van der Waals surface area (Å²) in [5, 5.41) is 2.69. The molecule has 0 aliphatic carbocycles. The fourth-order valence-corrected chi connectivity index (χ4v) is 1.06. The topological polar surface area (TPSA) is 21.3 Å². The van der Waals surface area contributed by atoms with E-state index in [9.17, 15) is 17.6 Å². The van der Waals surface area contributed by atoms with E-state index in [-0.39, 0.29) is 12.1 Å².